The summed E-state index contributed by atoms with van der Waals surface area (Å²) in [5, 5.41) is 30.0. The van der Waals surface area contributed by atoms with Gasteiger partial charge in [-0.3, -0.25) is 33.6 Å². The van der Waals surface area contributed by atoms with Gasteiger partial charge in [-0.15, -0.1) is 0 Å². The largest absolute Gasteiger partial charge is 0.481 e. The predicted molar refractivity (Wildman–Crippen MR) is 173 cm³/mol. The van der Waals surface area contributed by atoms with Crippen LogP contribution in [0.5, 0.6) is 0 Å². The Morgan fingerprint density at radius 1 is 0.804 bits per heavy atom. The molecule has 0 aliphatic heterocycles. The van der Waals surface area contributed by atoms with Crippen molar-refractivity contribution in [3.8, 4) is 0 Å². The van der Waals surface area contributed by atoms with Crippen molar-refractivity contribution in [2.24, 2.45) is 11.8 Å². The number of amides is 5. The van der Waals surface area contributed by atoms with Crippen molar-refractivity contribution < 1.29 is 61.4 Å². The standard InChI is InChI=1S/C32H40F3N5O11/c1-6-15(4)27(40-28(47)20(9-10-23(42)43)38-30(49)26(14(2)3)36-16(5)41)31(50)39-21(13-24(44)45)29(48)37-17-7-8-18-19(32(33,34)35)12-25(46)51-22(18)11-17/h7-8,11-12,14-15,20-21,26-27H,6,9-10,13H2,1-5H3,(H,36,41)(H,37,48)(H,38,49)(H,39,50)(H,40,47)(H,42,43)(H,44,45). The third-order valence-electron chi connectivity index (χ3n) is 7.71. The summed E-state index contributed by atoms with van der Waals surface area (Å²) in [6.07, 6.45) is -6.59. The van der Waals surface area contributed by atoms with Crippen LogP contribution in [0.15, 0.2) is 33.5 Å². The second-order valence-electron chi connectivity index (χ2n) is 12.1. The quantitative estimate of drug-likeness (QED) is 0.116. The summed E-state index contributed by atoms with van der Waals surface area (Å²) in [6.45, 7) is 7.64. The molecule has 51 heavy (non-hydrogen) atoms. The Kier molecular flexibility index (Phi) is 14.7. The number of hydrogen-bond donors (Lipinski definition) is 7. The molecule has 0 aliphatic rings. The van der Waals surface area contributed by atoms with Crippen molar-refractivity contribution in [2.45, 2.75) is 90.6 Å². The monoisotopic (exact) mass is 727 g/mol. The van der Waals surface area contributed by atoms with Crippen molar-refractivity contribution in [3.63, 3.8) is 0 Å². The molecule has 0 spiro atoms. The number of carboxylic acids is 2. The van der Waals surface area contributed by atoms with Crippen molar-refractivity contribution in [3.05, 3.63) is 40.2 Å². The number of aliphatic carboxylic acids is 2. The lowest BCUT2D eigenvalue weighted by atomic mass is 9.96. The summed E-state index contributed by atoms with van der Waals surface area (Å²) in [6, 6.07) is -2.68. The Hall–Kier alpha value is -5.49. The van der Waals surface area contributed by atoms with Crippen LogP contribution in [0.4, 0.5) is 18.9 Å². The predicted octanol–water partition coefficient (Wildman–Crippen LogP) is 1.75. The van der Waals surface area contributed by atoms with E-state index in [1.54, 1.807) is 27.7 Å². The summed E-state index contributed by atoms with van der Waals surface area (Å²) in [5.74, 6) is -8.39. The maximum absolute atomic E-state index is 13.5. The van der Waals surface area contributed by atoms with Gasteiger partial charge in [0.1, 0.15) is 29.8 Å². The van der Waals surface area contributed by atoms with Crippen molar-refractivity contribution >= 4 is 58.1 Å². The molecule has 5 unspecified atom stereocenters. The van der Waals surface area contributed by atoms with E-state index in [0.717, 1.165) is 18.2 Å². The Morgan fingerprint density at radius 2 is 1.41 bits per heavy atom. The number of nitrogens with one attached hydrogen (secondary N) is 5. The molecule has 7 N–H and O–H groups in total. The summed E-state index contributed by atoms with van der Waals surface area (Å²) in [5.41, 5.74) is -3.34. The molecule has 2 rings (SSSR count). The molecule has 0 radical (unpaired) electrons. The van der Waals surface area contributed by atoms with Crippen LogP contribution in [0.3, 0.4) is 0 Å². The number of halogens is 3. The molecular weight excluding hydrogens is 687 g/mol. The Labute approximate surface area is 288 Å². The first kappa shape index (κ1) is 41.7. The molecule has 0 saturated carbocycles. The molecule has 0 saturated heterocycles. The van der Waals surface area contributed by atoms with E-state index in [-0.39, 0.29) is 18.2 Å². The van der Waals surface area contributed by atoms with E-state index >= 15 is 0 Å². The summed E-state index contributed by atoms with van der Waals surface area (Å²) in [7, 11) is 0. The fourth-order valence-corrected chi connectivity index (χ4v) is 4.86. The van der Waals surface area contributed by atoms with Crippen molar-refractivity contribution in [2.75, 3.05) is 5.32 Å². The van der Waals surface area contributed by atoms with E-state index in [2.05, 4.69) is 26.6 Å². The molecular formula is C32H40F3N5O11. The first-order valence-corrected chi connectivity index (χ1v) is 15.7. The zero-order valence-electron chi connectivity index (χ0n) is 28.3. The maximum Gasteiger partial charge on any atom is 0.417 e. The van der Waals surface area contributed by atoms with Gasteiger partial charge < -0.3 is 41.2 Å². The smallest absolute Gasteiger partial charge is 0.417 e. The molecule has 19 heteroatoms. The lowest BCUT2D eigenvalue weighted by Crippen LogP contribution is -2.60. The van der Waals surface area contributed by atoms with Gasteiger partial charge in [0.05, 0.1) is 12.0 Å². The summed E-state index contributed by atoms with van der Waals surface area (Å²) in [4.78, 5) is 99.5. The van der Waals surface area contributed by atoms with Gasteiger partial charge >= 0.3 is 23.7 Å². The minimum absolute atomic E-state index is 0.206. The highest BCUT2D eigenvalue weighted by Crippen LogP contribution is 2.34. The van der Waals surface area contributed by atoms with Gasteiger partial charge in [0.25, 0.3) is 0 Å². The molecule has 5 amide bonds. The van der Waals surface area contributed by atoms with Crippen molar-refractivity contribution in [1.29, 1.82) is 0 Å². The van der Waals surface area contributed by atoms with Gasteiger partial charge in [0, 0.05) is 36.6 Å². The van der Waals surface area contributed by atoms with Crippen LogP contribution in [-0.2, 0) is 39.7 Å². The second kappa shape index (κ2) is 18.0. The molecule has 5 atom stereocenters. The first-order valence-electron chi connectivity index (χ1n) is 15.7. The van der Waals surface area contributed by atoms with Gasteiger partial charge in [-0.25, -0.2) is 4.79 Å². The number of fused-ring (bicyclic) bond motifs is 1. The zero-order chi connectivity index (χ0) is 38.8. The van der Waals surface area contributed by atoms with E-state index in [1.165, 1.54) is 6.92 Å². The zero-order valence-corrected chi connectivity index (χ0v) is 28.3. The van der Waals surface area contributed by atoms with Crippen LogP contribution in [-0.4, -0.2) is 75.9 Å². The van der Waals surface area contributed by atoms with E-state index in [1.807, 2.05) is 0 Å². The van der Waals surface area contributed by atoms with Crippen LogP contribution in [0.1, 0.15) is 65.9 Å². The topological polar surface area (TPSA) is 250 Å². The first-order chi connectivity index (χ1) is 23.6. The molecule has 280 valence electrons. The Morgan fingerprint density at radius 3 is 1.94 bits per heavy atom. The highest BCUT2D eigenvalue weighted by Gasteiger charge is 2.36. The number of hydrogen-bond acceptors (Lipinski definition) is 9. The highest BCUT2D eigenvalue weighted by molar-refractivity contribution is 6.01. The number of carbonyl (C=O) groups is 7. The molecule has 0 aliphatic carbocycles. The van der Waals surface area contributed by atoms with Crippen LogP contribution in [0.2, 0.25) is 0 Å². The molecule has 16 nitrogen and oxygen atoms in total. The molecule has 2 aromatic rings. The van der Waals surface area contributed by atoms with Crippen LogP contribution in [0.25, 0.3) is 11.0 Å². The van der Waals surface area contributed by atoms with E-state index in [0.29, 0.717) is 0 Å². The van der Waals surface area contributed by atoms with Gasteiger partial charge in [0.2, 0.25) is 29.5 Å². The van der Waals surface area contributed by atoms with Gasteiger partial charge in [0.15, 0.2) is 0 Å². The average Bonchev–Trinajstić information content (AvgIpc) is 3.01. The summed E-state index contributed by atoms with van der Waals surface area (Å²) < 4.78 is 45.1. The van der Waals surface area contributed by atoms with Crippen LogP contribution < -0.4 is 32.2 Å². The normalized spacial score (nSPS) is 14.4. The average molecular weight is 728 g/mol. The van der Waals surface area contributed by atoms with Gasteiger partial charge in [-0.1, -0.05) is 34.1 Å². The van der Waals surface area contributed by atoms with E-state index in [4.69, 9.17) is 4.42 Å². The van der Waals surface area contributed by atoms with E-state index in [9.17, 15) is 61.7 Å². The molecule has 0 bridgehead atoms. The molecule has 1 aromatic carbocycles. The fourth-order valence-electron chi connectivity index (χ4n) is 4.86. The number of anilines is 1. The Bertz CT molecular complexity index is 1710. The molecule has 1 aromatic heterocycles. The minimum atomic E-state index is -4.90. The minimum Gasteiger partial charge on any atom is -0.481 e. The van der Waals surface area contributed by atoms with Crippen molar-refractivity contribution in [1.82, 2.24) is 21.3 Å². The SMILES string of the molecule is CCC(C)C(NC(=O)C(CCC(=O)O)NC(=O)C(NC(C)=O)C(C)C)C(=O)NC(CC(=O)O)C(=O)Nc1ccc2c(C(F)(F)F)cc(=O)oc2c1. The molecule has 0 fully saturated rings. The van der Waals surface area contributed by atoms with Gasteiger partial charge in [-0.2, -0.15) is 13.2 Å². The number of carboxylic acid groups (broad SMARTS) is 2. The number of benzene rings is 1. The van der Waals surface area contributed by atoms with Gasteiger partial charge in [-0.05, 0) is 30.4 Å². The summed E-state index contributed by atoms with van der Waals surface area (Å²) >= 11 is 0. The fraction of sp³-hybridized carbons (Fsp3) is 0.500. The maximum atomic E-state index is 13.5. The Balaban J connectivity index is 2.35. The number of alkyl halides is 3. The third-order valence-corrected chi connectivity index (χ3v) is 7.71. The highest BCUT2D eigenvalue weighted by atomic mass is 19.4. The van der Waals surface area contributed by atoms with E-state index < -0.39 is 125 Å². The van der Waals surface area contributed by atoms with Crippen LogP contribution in [0, 0.1) is 11.8 Å². The lowest BCUT2D eigenvalue weighted by Gasteiger charge is -2.29. The number of rotatable bonds is 17. The third kappa shape index (κ3) is 12.4. The lowest BCUT2D eigenvalue weighted by molar-refractivity contribution is -0.141. The molecule has 1 heterocycles. The number of carbonyl (C=O) groups excluding carboxylic acids is 5. The second-order valence-corrected chi connectivity index (χ2v) is 12.1. The van der Waals surface area contributed by atoms with Crippen LogP contribution >= 0.6 is 0 Å².